The quantitative estimate of drug-likeness (QED) is 0.565. The van der Waals surface area contributed by atoms with Crippen LogP contribution < -0.4 is 15.0 Å². The number of nitrogens with one attached hydrogen (secondary N) is 1. The van der Waals surface area contributed by atoms with E-state index >= 15 is 4.39 Å². The van der Waals surface area contributed by atoms with Gasteiger partial charge in [-0.3, -0.25) is 0 Å². The van der Waals surface area contributed by atoms with Crippen molar-refractivity contribution in [2.24, 2.45) is 0 Å². The number of halogens is 2. The van der Waals surface area contributed by atoms with Gasteiger partial charge >= 0.3 is 0 Å². The fraction of sp³-hybridized carbons (Fsp3) is 0.440. The van der Waals surface area contributed by atoms with Crippen LogP contribution in [0.1, 0.15) is 32.6 Å². The zero-order chi connectivity index (χ0) is 24.7. The molecule has 5 rings (SSSR count). The highest BCUT2D eigenvalue weighted by atomic mass is 19.1. The van der Waals surface area contributed by atoms with Crippen molar-refractivity contribution in [2.75, 3.05) is 19.1 Å². The number of phenolic OH excluding ortho intramolecular Hbond substituents is 1. The molecule has 0 amide bonds. The fourth-order valence-corrected chi connectivity index (χ4v) is 5.26. The number of ether oxygens (including phenoxy) is 1. The molecule has 2 aromatic heterocycles. The SMILES string of the molecule is COc1cc(-c2ccc(-c3ncc(N(C)[C@H]4C[C@]5(C)CCC[C@H](N5)[C@H]4F)nn3)c(O)c2)c(F)cn1. The summed E-state index contributed by atoms with van der Waals surface area (Å²) >= 11 is 0. The van der Waals surface area contributed by atoms with Gasteiger partial charge in [0.05, 0.1) is 31.1 Å². The van der Waals surface area contributed by atoms with Crippen LogP contribution >= 0.6 is 0 Å². The first kappa shape index (κ1) is 23.3. The number of alkyl halides is 1. The van der Waals surface area contributed by atoms with Gasteiger partial charge in [0.1, 0.15) is 17.7 Å². The second-order valence-electron chi connectivity index (χ2n) is 9.61. The van der Waals surface area contributed by atoms with Crippen molar-refractivity contribution in [3.05, 3.63) is 42.5 Å². The van der Waals surface area contributed by atoms with E-state index in [4.69, 9.17) is 4.74 Å². The Kier molecular flexibility index (Phi) is 6.00. The van der Waals surface area contributed by atoms with E-state index in [-0.39, 0.29) is 40.6 Å². The molecule has 2 bridgehead atoms. The zero-order valence-electron chi connectivity index (χ0n) is 19.9. The van der Waals surface area contributed by atoms with Crippen LogP contribution in [-0.2, 0) is 0 Å². The summed E-state index contributed by atoms with van der Waals surface area (Å²) in [6, 6.07) is 5.66. The van der Waals surface area contributed by atoms with Crippen LogP contribution in [0.3, 0.4) is 0 Å². The van der Waals surface area contributed by atoms with Crippen LogP contribution in [0.4, 0.5) is 14.6 Å². The molecule has 0 saturated carbocycles. The van der Waals surface area contributed by atoms with Gasteiger partial charge in [-0.05, 0) is 50.3 Å². The minimum atomic E-state index is -1.02. The number of fused-ring (bicyclic) bond motifs is 2. The summed E-state index contributed by atoms with van der Waals surface area (Å²) in [4.78, 5) is 10.0. The number of hydrogen-bond donors (Lipinski definition) is 2. The van der Waals surface area contributed by atoms with Crippen LogP contribution in [0.15, 0.2) is 36.7 Å². The van der Waals surface area contributed by atoms with Crippen molar-refractivity contribution >= 4 is 5.82 Å². The maximum Gasteiger partial charge on any atom is 0.213 e. The molecule has 2 aliphatic rings. The Balaban J connectivity index is 1.37. The van der Waals surface area contributed by atoms with Crippen LogP contribution in [0.2, 0.25) is 0 Å². The van der Waals surface area contributed by atoms with Crippen molar-refractivity contribution < 1.29 is 18.6 Å². The third kappa shape index (κ3) is 4.38. The summed E-state index contributed by atoms with van der Waals surface area (Å²) in [5.41, 5.74) is 0.963. The maximum atomic E-state index is 15.2. The number of piperidine rings is 2. The van der Waals surface area contributed by atoms with Gasteiger partial charge in [0, 0.05) is 30.3 Å². The lowest BCUT2D eigenvalue weighted by molar-refractivity contribution is 0.0607. The maximum absolute atomic E-state index is 15.2. The van der Waals surface area contributed by atoms with Crippen molar-refractivity contribution in [3.8, 4) is 34.1 Å². The summed E-state index contributed by atoms with van der Waals surface area (Å²) in [6.45, 7) is 2.15. The topological polar surface area (TPSA) is 96.3 Å². The lowest BCUT2D eigenvalue weighted by atomic mass is 9.74. The average Bonchev–Trinajstić information content (AvgIpc) is 2.86. The number of aromatic nitrogens is 4. The van der Waals surface area contributed by atoms with E-state index in [2.05, 4.69) is 32.4 Å². The summed E-state index contributed by atoms with van der Waals surface area (Å²) in [6.07, 6.45) is 5.15. The van der Waals surface area contributed by atoms with E-state index in [1.807, 2.05) is 11.9 Å². The molecule has 10 heteroatoms. The minimum Gasteiger partial charge on any atom is -0.507 e. The highest BCUT2D eigenvalue weighted by Gasteiger charge is 2.47. The van der Waals surface area contributed by atoms with Crippen LogP contribution in [0, 0.1) is 5.82 Å². The van der Waals surface area contributed by atoms with E-state index in [0.29, 0.717) is 23.4 Å². The molecule has 2 N–H and O–H groups in total. The first-order valence-electron chi connectivity index (χ1n) is 11.7. The lowest BCUT2D eigenvalue weighted by Crippen LogP contribution is -2.66. The molecule has 0 unspecified atom stereocenters. The predicted octanol–water partition coefficient (Wildman–Crippen LogP) is 3.90. The molecule has 8 nitrogen and oxygen atoms in total. The molecule has 2 fully saturated rings. The molecular weight excluding hydrogens is 454 g/mol. The Bertz CT molecular complexity index is 1230. The monoisotopic (exact) mass is 482 g/mol. The van der Waals surface area contributed by atoms with Crippen molar-refractivity contribution in [2.45, 2.75) is 56.4 Å². The molecule has 2 aliphatic heterocycles. The van der Waals surface area contributed by atoms with Gasteiger partial charge in [-0.2, -0.15) is 0 Å². The number of anilines is 1. The first-order valence-corrected chi connectivity index (χ1v) is 11.7. The molecule has 35 heavy (non-hydrogen) atoms. The Hall–Kier alpha value is -3.40. The van der Waals surface area contributed by atoms with Crippen molar-refractivity contribution in [3.63, 3.8) is 0 Å². The van der Waals surface area contributed by atoms with E-state index < -0.39 is 12.0 Å². The lowest BCUT2D eigenvalue weighted by Gasteiger charge is -2.51. The van der Waals surface area contributed by atoms with Crippen molar-refractivity contribution in [1.29, 1.82) is 0 Å². The molecule has 2 saturated heterocycles. The molecule has 0 spiro atoms. The van der Waals surface area contributed by atoms with Gasteiger partial charge in [0.15, 0.2) is 11.6 Å². The summed E-state index contributed by atoms with van der Waals surface area (Å²) in [5, 5.41) is 22.5. The second-order valence-corrected chi connectivity index (χ2v) is 9.61. The van der Waals surface area contributed by atoms with Gasteiger partial charge in [-0.1, -0.05) is 6.07 Å². The summed E-state index contributed by atoms with van der Waals surface area (Å²) in [5.74, 6) is 0.282. The van der Waals surface area contributed by atoms with Crippen LogP contribution in [0.5, 0.6) is 11.6 Å². The fourth-order valence-electron chi connectivity index (χ4n) is 5.26. The molecular formula is C25H28F2N6O2. The van der Waals surface area contributed by atoms with Crippen LogP contribution in [0.25, 0.3) is 22.5 Å². The molecule has 1 aromatic carbocycles. The number of hydrogen-bond acceptors (Lipinski definition) is 8. The number of pyridine rings is 1. The Labute approximate surface area is 202 Å². The normalized spacial score (nSPS) is 25.8. The summed E-state index contributed by atoms with van der Waals surface area (Å²) < 4.78 is 34.6. The number of benzene rings is 1. The number of rotatable bonds is 5. The molecule has 184 valence electrons. The van der Waals surface area contributed by atoms with Gasteiger partial charge in [0.25, 0.3) is 0 Å². The Morgan fingerprint density at radius 2 is 2.00 bits per heavy atom. The first-order chi connectivity index (χ1) is 16.8. The third-order valence-electron chi connectivity index (χ3n) is 7.19. The summed E-state index contributed by atoms with van der Waals surface area (Å²) in [7, 11) is 3.26. The minimum absolute atomic E-state index is 0.0862. The molecule has 0 aliphatic carbocycles. The van der Waals surface area contributed by atoms with Gasteiger partial charge < -0.3 is 20.1 Å². The van der Waals surface area contributed by atoms with Crippen LogP contribution in [-0.4, -0.2) is 63.2 Å². The Morgan fingerprint density at radius 3 is 2.71 bits per heavy atom. The molecule has 0 radical (unpaired) electrons. The van der Waals surface area contributed by atoms with E-state index in [1.165, 1.54) is 25.4 Å². The third-order valence-corrected chi connectivity index (χ3v) is 7.19. The largest absolute Gasteiger partial charge is 0.507 e. The van der Waals surface area contributed by atoms with Gasteiger partial charge in [0.2, 0.25) is 5.88 Å². The Morgan fingerprint density at radius 1 is 1.17 bits per heavy atom. The average molecular weight is 483 g/mol. The number of phenols is 1. The second kappa shape index (κ2) is 8.99. The predicted molar refractivity (Wildman–Crippen MR) is 128 cm³/mol. The standard InChI is InChI=1S/C25H28F2N6O2/c1-25-8-4-5-18(30-25)23(27)19(11-25)33(2)21-13-29-24(32-31-21)15-7-6-14(9-20(15)34)16-10-22(35-3)28-12-17(16)26/h6-7,9-10,12-13,18-19,23,30,34H,4-5,8,11H2,1-3H3/t18-,19-,23+,25-/m0/s1. The molecule has 3 aromatic rings. The smallest absolute Gasteiger partial charge is 0.213 e. The number of nitrogens with zero attached hydrogens (tertiary/aromatic N) is 5. The zero-order valence-corrected chi connectivity index (χ0v) is 19.9. The van der Waals surface area contributed by atoms with E-state index in [9.17, 15) is 9.50 Å². The van der Waals surface area contributed by atoms with Gasteiger partial charge in [-0.25, -0.2) is 18.7 Å². The number of methoxy groups -OCH3 is 1. The highest BCUT2D eigenvalue weighted by Crippen LogP contribution is 2.38. The van der Waals surface area contributed by atoms with Crippen molar-refractivity contribution in [1.82, 2.24) is 25.5 Å². The molecule has 4 atom stereocenters. The van der Waals surface area contributed by atoms with E-state index in [1.54, 1.807) is 12.1 Å². The number of aromatic hydroxyl groups is 1. The van der Waals surface area contributed by atoms with E-state index in [0.717, 1.165) is 25.5 Å². The molecule has 4 heterocycles. The van der Waals surface area contributed by atoms with Gasteiger partial charge in [-0.15, -0.1) is 10.2 Å². The highest BCUT2D eigenvalue weighted by molar-refractivity contribution is 5.73.